The molecule has 0 unspecified atom stereocenters. The predicted octanol–water partition coefficient (Wildman–Crippen LogP) is 2.04. The Labute approximate surface area is 140 Å². The van der Waals surface area contributed by atoms with E-state index >= 15 is 0 Å². The molecule has 0 spiro atoms. The van der Waals surface area contributed by atoms with Gasteiger partial charge in [-0.2, -0.15) is 4.98 Å². The van der Waals surface area contributed by atoms with Crippen LogP contribution in [0.2, 0.25) is 0 Å². The van der Waals surface area contributed by atoms with Crippen molar-refractivity contribution < 1.29 is 4.52 Å². The van der Waals surface area contributed by atoms with Gasteiger partial charge >= 0.3 is 0 Å². The minimum Gasteiger partial charge on any atom is -0.356 e. The Bertz CT molecular complexity index is 655. The monoisotopic (exact) mass is 336 g/mol. The normalized spacial score (nSPS) is 12.5. The Hall–Kier alpha value is -1.96. The standard InChI is InChI=1S/C15H24N6OS/c1-10-8-18-12(23-10)6-7-17-14(16-5)19-9-11-20-13(22-21-11)15(2,3)4/h8H,6-7,9H2,1-5H3,(H2,16,17,19). The number of aliphatic imine (C=N–C) groups is 1. The van der Waals surface area contributed by atoms with Crippen LogP contribution in [0.25, 0.3) is 0 Å². The van der Waals surface area contributed by atoms with Crippen molar-refractivity contribution in [1.82, 2.24) is 25.8 Å². The average molecular weight is 336 g/mol. The van der Waals surface area contributed by atoms with Crippen LogP contribution >= 0.6 is 11.3 Å². The van der Waals surface area contributed by atoms with Gasteiger partial charge in [-0.3, -0.25) is 4.99 Å². The Kier molecular flexibility index (Phi) is 5.70. The maximum absolute atomic E-state index is 5.27. The topological polar surface area (TPSA) is 88.2 Å². The highest BCUT2D eigenvalue weighted by atomic mass is 32.1. The minimum atomic E-state index is -0.142. The largest absolute Gasteiger partial charge is 0.356 e. The number of aryl methyl sites for hydroxylation is 1. The third-order valence-electron chi connectivity index (χ3n) is 3.05. The third-order valence-corrected chi connectivity index (χ3v) is 4.02. The van der Waals surface area contributed by atoms with Crippen LogP contribution < -0.4 is 10.6 Å². The first kappa shape index (κ1) is 17.4. The molecule has 7 nitrogen and oxygen atoms in total. The van der Waals surface area contributed by atoms with Crippen LogP contribution in [0.4, 0.5) is 0 Å². The number of thiazole rings is 1. The van der Waals surface area contributed by atoms with Crippen LogP contribution in [0.5, 0.6) is 0 Å². The SMILES string of the molecule is CN=C(NCCc1ncc(C)s1)NCc1noc(C(C)(C)C)n1. The van der Waals surface area contributed by atoms with Gasteiger partial charge in [0, 0.05) is 36.5 Å². The molecule has 2 rings (SSSR count). The van der Waals surface area contributed by atoms with E-state index in [2.05, 4.69) is 37.7 Å². The zero-order valence-corrected chi connectivity index (χ0v) is 15.1. The van der Waals surface area contributed by atoms with Crippen molar-refractivity contribution in [2.75, 3.05) is 13.6 Å². The fraction of sp³-hybridized carbons (Fsp3) is 0.600. The van der Waals surface area contributed by atoms with Crippen molar-refractivity contribution in [3.8, 4) is 0 Å². The van der Waals surface area contributed by atoms with E-state index in [0.717, 1.165) is 18.0 Å². The zero-order chi connectivity index (χ0) is 16.9. The van der Waals surface area contributed by atoms with Crippen molar-refractivity contribution in [3.63, 3.8) is 0 Å². The molecule has 2 heterocycles. The van der Waals surface area contributed by atoms with Crippen LogP contribution in [-0.4, -0.2) is 34.7 Å². The van der Waals surface area contributed by atoms with Crippen molar-refractivity contribution in [2.45, 2.75) is 46.1 Å². The molecule has 0 aliphatic carbocycles. The molecule has 126 valence electrons. The third kappa shape index (κ3) is 5.31. The molecule has 2 aromatic heterocycles. The summed E-state index contributed by atoms with van der Waals surface area (Å²) in [5.74, 6) is 1.96. The molecule has 0 atom stereocenters. The van der Waals surface area contributed by atoms with Gasteiger partial charge in [0.1, 0.15) is 0 Å². The highest BCUT2D eigenvalue weighted by molar-refractivity contribution is 7.11. The van der Waals surface area contributed by atoms with Crippen LogP contribution in [0.15, 0.2) is 15.7 Å². The Morgan fingerprint density at radius 3 is 2.70 bits per heavy atom. The first-order chi connectivity index (χ1) is 10.9. The lowest BCUT2D eigenvalue weighted by atomic mass is 9.97. The fourth-order valence-corrected chi connectivity index (χ4v) is 2.61. The molecule has 0 bridgehead atoms. The van der Waals surface area contributed by atoms with E-state index in [4.69, 9.17) is 4.52 Å². The molecule has 0 aliphatic rings. The van der Waals surface area contributed by atoms with E-state index < -0.39 is 0 Å². The maximum atomic E-state index is 5.27. The second-order valence-corrected chi connectivity index (χ2v) is 7.55. The van der Waals surface area contributed by atoms with Gasteiger partial charge in [-0.15, -0.1) is 11.3 Å². The summed E-state index contributed by atoms with van der Waals surface area (Å²) in [4.78, 5) is 14.1. The fourth-order valence-electron chi connectivity index (χ4n) is 1.82. The summed E-state index contributed by atoms with van der Waals surface area (Å²) in [5.41, 5.74) is -0.142. The lowest BCUT2D eigenvalue weighted by Gasteiger charge is -2.11. The van der Waals surface area contributed by atoms with E-state index in [0.29, 0.717) is 24.2 Å². The zero-order valence-electron chi connectivity index (χ0n) is 14.3. The second-order valence-electron chi connectivity index (χ2n) is 6.23. The Balaban J connectivity index is 1.77. The van der Waals surface area contributed by atoms with Gasteiger partial charge in [0.05, 0.1) is 11.6 Å². The molecular formula is C15H24N6OS. The Morgan fingerprint density at radius 2 is 2.13 bits per heavy atom. The van der Waals surface area contributed by atoms with Crippen LogP contribution in [-0.2, 0) is 18.4 Å². The molecule has 2 aromatic rings. The summed E-state index contributed by atoms with van der Waals surface area (Å²) >= 11 is 1.72. The molecule has 0 aromatic carbocycles. The number of aromatic nitrogens is 3. The molecule has 8 heteroatoms. The minimum absolute atomic E-state index is 0.142. The highest BCUT2D eigenvalue weighted by Crippen LogP contribution is 2.19. The number of guanidine groups is 1. The van der Waals surface area contributed by atoms with Crippen molar-refractivity contribution >= 4 is 17.3 Å². The van der Waals surface area contributed by atoms with Gasteiger partial charge in [-0.1, -0.05) is 25.9 Å². The molecule has 0 saturated heterocycles. The average Bonchev–Trinajstić information content (AvgIpc) is 3.11. The number of nitrogens with zero attached hydrogens (tertiary/aromatic N) is 4. The lowest BCUT2D eigenvalue weighted by molar-refractivity contribution is 0.318. The van der Waals surface area contributed by atoms with Crippen molar-refractivity contribution in [1.29, 1.82) is 0 Å². The van der Waals surface area contributed by atoms with Gasteiger partial charge in [0.25, 0.3) is 0 Å². The van der Waals surface area contributed by atoms with Gasteiger partial charge in [0.15, 0.2) is 11.8 Å². The van der Waals surface area contributed by atoms with E-state index in [1.807, 2.05) is 27.0 Å². The van der Waals surface area contributed by atoms with Crippen LogP contribution in [0, 0.1) is 6.92 Å². The van der Waals surface area contributed by atoms with E-state index in [1.54, 1.807) is 18.4 Å². The smallest absolute Gasteiger partial charge is 0.232 e. The molecule has 0 fully saturated rings. The summed E-state index contributed by atoms with van der Waals surface area (Å²) in [7, 11) is 1.74. The molecule has 0 amide bonds. The number of rotatable bonds is 5. The lowest BCUT2D eigenvalue weighted by Crippen LogP contribution is -2.38. The first-order valence-electron chi connectivity index (χ1n) is 7.57. The molecule has 2 N–H and O–H groups in total. The quantitative estimate of drug-likeness (QED) is 0.642. The van der Waals surface area contributed by atoms with Gasteiger partial charge in [-0.25, -0.2) is 4.98 Å². The van der Waals surface area contributed by atoms with Crippen molar-refractivity contribution in [2.24, 2.45) is 4.99 Å². The first-order valence-corrected chi connectivity index (χ1v) is 8.39. The highest BCUT2D eigenvalue weighted by Gasteiger charge is 2.21. The summed E-state index contributed by atoms with van der Waals surface area (Å²) in [6.45, 7) is 9.42. The summed E-state index contributed by atoms with van der Waals surface area (Å²) in [6.07, 6.45) is 2.77. The maximum Gasteiger partial charge on any atom is 0.232 e. The molecule has 23 heavy (non-hydrogen) atoms. The van der Waals surface area contributed by atoms with Gasteiger partial charge in [0.2, 0.25) is 5.89 Å². The van der Waals surface area contributed by atoms with E-state index in [1.165, 1.54) is 4.88 Å². The second kappa shape index (κ2) is 7.54. The van der Waals surface area contributed by atoms with E-state index in [9.17, 15) is 0 Å². The van der Waals surface area contributed by atoms with Crippen molar-refractivity contribution in [3.05, 3.63) is 27.8 Å². The van der Waals surface area contributed by atoms with E-state index in [-0.39, 0.29) is 5.41 Å². The Morgan fingerprint density at radius 1 is 1.35 bits per heavy atom. The summed E-state index contributed by atoms with van der Waals surface area (Å²) < 4.78 is 5.27. The number of nitrogens with one attached hydrogen (secondary N) is 2. The van der Waals surface area contributed by atoms with Gasteiger partial charge < -0.3 is 15.2 Å². The summed E-state index contributed by atoms with van der Waals surface area (Å²) in [6, 6.07) is 0. The van der Waals surface area contributed by atoms with Gasteiger partial charge in [-0.05, 0) is 6.92 Å². The molecule has 0 saturated carbocycles. The molecule has 0 radical (unpaired) electrons. The molecule has 0 aliphatic heterocycles. The summed E-state index contributed by atoms with van der Waals surface area (Å²) in [5, 5.41) is 11.5. The number of hydrogen-bond donors (Lipinski definition) is 2. The van der Waals surface area contributed by atoms with Crippen LogP contribution in [0.3, 0.4) is 0 Å². The predicted molar refractivity (Wildman–Crippen MR) is 91.8 cm³/mol. The van der Waals surface area contributed by atoms with Crippen LogP contribution in [0.1, 0.15) is 42.4 Å². The molecular weight excluding hydrogens is 312 g/mol. The number of hydrogen-bond acceptors (Lipinski definition) is 6.